The molecule has 0 aliphatic rings. The van der Waals surface area contributed by atoms with Crippen LogP contribution in [-0.4, -0.2) is 36.5 Å². The Labute approximate surface area is 151 Å². The smallest absolute Gasteiger partial charge is 0.270 e. The van der Waals surface area contributed by atoms with Crippen molar-refractivity contribution in [2.45, 2.75) is 20.8 Å². The van der Waals surface area contributed by atoms with Crippen LogP contribution in [0.15, 0.2) is 29.6 Å². The molecular weight excluding hydrogens is 338 g/mol. The first-order chi connectivity index (χ1) is 12.0. The van der Waals surface area contributed by atoms with Crippen LogP contribution in [0, 0.1) is 5.92 Å². The van der Waals surface area contributed by atoms with E-state index in [2.05, 4.69) is 15.6 Å². The number of thiazole rings is 1. The number of nitrogens with one attached hydrogen (secondary N) is 2. The fraction of sp³-hybridized carbons (Fsp3) is 0.389. The van der Waals surface area contributed by atoms with Crippen molar-refractivity contribution in [1.82, 2.24) is 15.6 Å². The quantitative estimate of drug-likeness (QED) is 0.709. The Balaban J connectivity index is 1.87. The molecule has 1 heterocycles. The van der Waals surface area contributed by atoms with Gasteiger partial charge in [0.05, 0.1) is 6.61 Å². The summed E-state index contributed by atoms with van der Waals surface area (Å²) in [6.07, 6.45) is 0. The number of rotatable bonds is 8. The molecule has 0 fully saturated rings. The molecule has 1 aromatic carbocycles. The molecule has 0 radical (unpaired) electrons. The van der Waals surface area contributed by atoms with E-state index < -0.39 is 0 Å². The molecule has 0 saturated heterocycles. The summed E-state index contributed by atoms with van der Waals surface area (Å²) >= 11 is 1.42. The van der Waals surface area contributed by atoms with E-state index in [1.54, 1.807) is 5.38 Å². The minimum Gasteiger partial charge on any atom is -0.494 e. The summed E-state index contributed by atoms with van der Waals surface area (Å²) in [6, 6.07) is 7.62. The maximum Gasteiger partial charge on any atom is 0.270 e. The molecule has 2 N–H and O–H groups in total. The van der Waals surface area contributed by atoms with Gasteiger partial charge in [0.1, 0.15) is 16.5 Å². The summed E-state index contributed by atoms with van der Waals surface area (Å²) < 4.78 is 5.42. The third kappa shape index (κ3) is 5.56. The Kier molecular flexibility index (Phi) is 6.94. The molecule has 1 aromatic heterocycles. The van der Waals surface area contributed by atoms with Gasteiger partial charge < -0.3 is 15.4 Å². The molecule has 0 spiro atoms. The van der Waals surface area contributed by atoms with Gasteiger partial charge in [-0.2, -0.15) is 0 Å². The lowest BCUT2D eigenvalue weighted by Crippen LogP contribution is -2.36. The van der Waals surface area contributed by atoms with E-state index in [1.165, 1.54) is 11.3 Å². The van der Waals surface area contributed by atoms with Crippen molar-refractivity contribution >= 4 is 23.2 Å². The molecule has 0 aliphatic heterocycles. The summed E-state index contributed by atoms with van der Waals surface area (Å²) in [7, 11) is 0. The molecule has 25 heavy (non-hydrogen) atoms. The summed E-state index contributed by atoms with van der Waals surface area (Å²) in [5.74, 6) is 0.475. The summed E-state index contributed by atoms with van der Waals surface area (Å²) in [4.78, 5) is 27.9. The number of carbonyl (C=O) groups excluding carboxylic acids is 2. The van der Waals surface area contributed by atoms with Gasteiger partial charge in [-0.05, 0) is 31.2 Å². The number of hydrogen-bond acceptors (Lipinski definition) is 5. The SMILES string of the molecule is CCOc1ccc(-c2nc(C(=O)NCCNC(=O)C(C)C)cs2)cc1. The van der Waals surface area contributed by atoms with Gasteiger partial charge >= 0.3 is 0 Å². The third-order valence-corrected chi connectivity index (χ3v) is 4.27. The van der Waals surface area contributed by atoms with E-state index in [1.807, 2.05) is 45.0 Å². The monoisotopic (exact) mass is 361 g/mol. The highest BCUT2D eigenvalue weighted by Gasteiger charge is 2.12. The maximum absolute atomic E-state index is 12.1. The number of amides is 2. The van der Waals surface area contributed by atoms with Gasteiger partial charge in [0.25, 0.3) is 5.91 Å². The third-order valence-electron chi connectivity index (χ3n) is 3.38. The second-order valence-electron chi connectivity index (χ2n) is 5.70. The molecule has 2 amide bonds. The average Bonchev–Trinajstić information content (AvgIpc) is 3.09. The van der Waals surface area contributed by atoms with Crippen LogP contribution in [0.5, 0.6) is 5.75 Å². The van der Waals surface area contributed by atoms with E-state index in [0.29, 0.717) is 25.4 Å². The van der Waals surface area contributed by atoms with Gasteiger partial charge in [0.2, 0.25) is 5.91 Å². The normalized spacial score (nSPS) is 10.6. The molecule has 0 bridgehead atoms. The van der Waals surface area contributed by atoms with Crippen LogP contribution in [0.4, 0.5) is 0 Å². The van der Waals surface area contributed by atoms with E-state index in [0.717, 1.165) is 16.3 Å². The first kappa shape index (κ1) is 18.9. The Morgan fingerprint density at radius 3 is 2.48 bits per heavy atom. The molecule has 2 aromatic rings. The number of aromatic nitrogens is 1. The van der Waals surface area contributed by atoms with Crippen molar-refractivity contribution in [3.63, 3.8) is 0 Å². The van der Waals surface area contributed by atoms with E-state index in [4.69, 9.17) is 4.74 Å². The van der Waals surface area contributed by atoms with Crippen LogP contribution in [0.2, 0.25) is 0 Å². The number of ether oxygens (including phenoxy) is 1. The molecule has 0 atom stereocenters. The van der Waals surface area contributed by atoms with Crippen molar-refractivity contribution < 1.29 is 14.3 Å². The van der Waals surface area contributed by atoms with E-state index >= 15 is 0 Å². The van der Waals surface area contributed by atoms with Gasteiger partial charge in [0.15, 0.2) is 0 Å². The predicted molar refractivity (Wildman–Crippen MR) is 98.9 cm³/mol. The molecule has 0 saturated carbocycles. The molecule has 7 heteroatoms. The number of carbonyl (C=O) groups is 2. The Morgan fingerprint density at radius 2 is 1.84 bits per heavy atom. The predicted octanol–water partition coefficient (Wildman–Crippen LogP) is 2.71. The fourth-order valence-corrected chi connectivity index (χ4v) is 2.83. The Hall–Kier alpha value is -2.41. The van der Waals surface area contributed by atoms with E-state index in [-0.39, 0.29) is 17.7 Å². The van der Waals surface area contributed by atoms with Gasteiger partial charge in [-0.3, -0.25) is 9.59 Å². The Morgan fingerprint density at radius 1 is 1.16 bits per heavy atom. The van der Waals surface area contributed by atoms with Gasteiger partial charge in [-0.25, -0.2) is 4.98 Å². The highest BCUT2D eigenvalue weighted by molar-refractivity contribution is 7.13. The largest absolute Gasteiger partial charge is 0.494 e. The van der Waals surface area contributed by atoms with Crippen LogP contribution in [-0.2, 0) is 4.79 Å². The molecule has 6 nitrogen and oxygen atoms in total. The lowest BCUT2D eigenvalue weighted by Gasteiger charge is -2.07. The minimum atomic E-state index is -0.243. The summed E-state index contributed by atoms with van der Waals surface area (Å²) in [5, 5.41) is 8.02. The van der Waals surface area contributed by atoms with Crippen molar-refractivity contribution in [2.24, 2.45) is 5.92 Å². The van der Waals surface area contributed by atoms with Crippen LogP contribution in [0.25, 0.3) is 10.6 Å². The van der Waals surface area contributed by atoms with Crippen molar-refractivity contribution in [2.75, 3.05) is 19.7 Å². The zero-order chi connectivity index (χ0) is 18.2. The lowest BCUT2D eigenvalue weighted by molar-refractivity contribution is -0.123. The first-order valence-corrected chi connectivity index (χ1v) is 9.14. The van der Waals surface area contributed by atoms with Crippen LogP contribution < -0.4 is 15.4 Å². The van der Waals surface area contributed by atoms with E-state index in [9.17, 15) is 9.59 Å². The summed E-state index contributed by atoms with van der Waals surface area (Å²) in [6.45, 7) is 6.98. The lowest BCUT2D eigenvalue weighted by atomic mass is 10.2. The zero-order valence-corrected chi connectivity index (χ0v) is 15.5. The molecule has 134 valence electrons. The zero-order valence-electron chi connectivity index (χ0n) is 14.7. The summed E-state index contributed by atoms with van der Waals surface area (Å²) in [5.41, 5.74) is 1.32. The second-order valence-corrected chi connectivity index (χ2v) is 6.56. The highest BCUT2D eigenvalue weighted by Crippen LogP contribution is 2.25. The topological polar surface area (TPSA) is 80.3 Å². The van der Waals surface area contributed by atoms with Gasteiger partial charge in [-0.15, -0.1) is 11.3 Å². The van der Waals surface area contributed by atoms with Crippen LogP contribution in [0.3, 0.4) is 0 Å². The molecular formula is C18H23N3O3S. The Bertz CT molecular complexity index is 711. The maximum atomic E-state index is 12.1. The van der Waals surface area contributed by atoms with Gasteiger partial charge in [-0.1, -0.05) is 13.8 Å². The molecule has 2 rings (SSSR count). The minimum absolute atomic E-state index is 0.0271. The number of benzene rings is 1. The van der Waals surface area contributed by atoms with Crippen LogP contribution >= 0.6 is 11.3 Å². The fourth-order valence-electron chi connectivity index (χ4n) is 2.03. The second kappa shape index (κ2) is 9.17. The first-order valence-electron chi connectivity index (χ1n) is 8.26. The number of hydrogen-bond donors (Lipinski definition) is 2. The average molecular weight is 361 g/mol. The van der Waals surface area contributed by atoms with Crippen molar-refractivity contribution in [3.8, 4) is 16.3 Å². The van der Waals surface area contributed by atoms with Crippen molar-refractivity contribution in [1.29, 1.82) is 0 Å². The highest BCUT2D eigenvalue weighted by atomic mass is 32.1. The molecule has 0 aliphatic carbocycles. The number of nitrogens with zero attached hydrogens (tertiary/aromatic N) is 1. The van der Waals surface area contributed by atoms with Gasteiger partial charge in [0, 0.05) is 30.0 Å². The molecule has 0 unspecified atom stereocenters. The van der Waals surface area contributed by atoms with Crippen molar-refractivity contribution in [3.05, 3.63) is 35.3 Å². The van der Waals surface area contributed by atoms with Crippen LogP contribution in [0.1, 0.15) is 31.3 Å². The standard InChI is InChI=1S/C18H23N3O3S/c1-4-24-14-7-5-13(6-8-14)18-21-15(11-25-18)17(23)20-10-9-19-16(22)12(2)3/h5-8,11-12H,4,9-10H2,1-3H3,(H,19,22)(H,20,23).